The Hall–Kier alpha value is -0.0400. The highest BCUT2D eigenvalue weighted by Gasteiger charge is 2.19. The molecule has 12 heavy (non-hydrogen) atoms. The predicted octanol–water partition coefficient (Wildman–Crippen LogP) is 2.87. The van der Waals surface area contributed by atoms with Gasteiger partial charge in [-0.25, -0.2) is 0 Å². The van der Waals surface area contributed by atoms with E-state index >= 15 is 0 Å². The van der Waals surface area contributed by atoms with E-state index in [0.717, 1.165) is 12.5 Å². The third-order valence-corrected chi connectivity index (χ3v) is 2.96. The monoisotopic (exact) mass is 168 g/mol. The van der Waals surface area contributed by atoms with Crippen molar-refractivity contribution in [3.63, 3.8) is 0 Å². The van der Waals surface area contributed by atoms with Crippen LogP contribution in [-0.2, 0) is 0 Å². The molecule has 0 aliphatic carbocycles. The molecule has 0 amide bonds. The summed E-state index contributed by atoms with van der Waals surface area (Å²) in [5.74, 6) is 0. The van der Waals surface area contributed by atoms with E-state index in [0.29, 0.717) is 0 Å². The van der Waals surface area contributed by atoms with E-state index in [4.69, 9.17) is 0 Å². The summed E-state index contributed by atoms with van der Waals surface area (Å²) in [4.78, 5) is 2.52. The average molecular weight is 168 g/mol. The Labute approximate surface area is 77.1 Å². The molecular weight excluding hydrogens is 146 g/mol. The Bertz CT molecular complexity index is 112. The van der Waals surface area contributed by atoms with Gasteiger partial charge in [0.25, 0.3) is 0 Å². The van der Waals surface area contributed by atoms with Crippen LogP contribution in [0.2, 0.25) is 0 Å². The maximum atomic E-state index is 3.86. The van der Waals surface area contributed by atoms with Crippen LogP contribution >= 0.6 is 0 Å². The average Bonchev–Trinajstić information content (AvgIpc) is 2.46. The van der Waals surface area contributed by atoms with Crippen molar-refractivity contribution in [2.75, 3.05) is 13.6 Å². The summed E-state index contributed by atoms with van der Waals surface area (Å²) in [6.07, 6.45) is 9.48. The van der Waals surface area contributed by atoms with Crippen molar-refractivity contribution in [3.8, 4) is 0 Å². The van der Waals surface area contributed by atoms with Crippen LogP contribution in [0.3, 0.4) is 0 Å². The minimum atomic E-state index is 0.898. The van der Waals surface area contributed by atoms with Crippen LogP contribution in [-0.4, -0.2) is 24.5 Å². The van der Waals surface area contributed by atoms with Crippen LogP contribution in [0, 0.1) is 6.92 Å². The summed E-state index contributed by atoms with van der Waals surface area (Å²) in [5, 5.41) is 0. The van der Waals surface area contributed by atoms with Crippen LogP contribution in [0.4, 0.5) is 0 Å². The fraction of sp³-hybridized carbons (Fsp3) is 0.909. The highest BCUT2D eigenvalue weighted by Crippen LogP contribution is 2.20. The third-order valence-electron chi connectivity index (χ3n) is 2.96. The number of unbranched alkanes of at least 4 members (excludes halogenated alkanes) is 3. The van der Waals surface area contributed by atoms with Crippen molar-refractivity contribution < 1.29 is 0 Å². The minimum absolute atomic E-state index is 0.898. The molecule has 1 rings (SSSR count). The molecule has 1 unspecified atom stereocenters. The first-order chi connectivity index (χ1) is 5.84. The molecular formula is C11H22N. The molecule has 1 radical (unpaired) electrons. The lowest BCUT2D eigenvalue weighted by molar-refractivity contribution is 0.289. The molecule has 0 aromatic carbocycles. The SMILES string of the molecule is [CH2]CCCCCC1CCCN1C. The fourth-order valence-electron chi connectivity index (χ4n) is 2.08. The van der Waals surface area contributed by atoms with Crippen LogP contribution in [0.5, 0.6) is 0 Å². The van der Waals surface area contributed by atoms with Gasteiger partial charge in [0.05, 0.1) is 0 Å². The largest absolute Gasteiger partial charge is 0.303 e. The molecule has 0 aromatic heterocycles. The zero-order valence-corrected chi connectivity index (χ0v) is 8.39. The quantitative estimate of drug-likeness (QED) is 0.571. The van der Waals surface area contributed by atoms with Crippen molar-refractivity contribution in [3.05, 3.63) is 6.92 Å². The van der Waals surface area contributed by atoms with Crippen molar-refractivity contribution >= 4 is 0 Å². The van der Waals surface area contributed by atoms with Crippen LogP contribution in [0.25, 0.3) is 0 Å². The number of hydrogen-bond acceptors (Lipinski definition) is 1. The van der Waals surface area contributed by atoms with Crippen molar-refractivity contribution in [2.24, 2.45) is 0 Å². The van der Waals surface area contributed by atoms with E-state index in [1.807, 2.05) is 0 Å². The van der Waals surface area contributed by atoms with E-state index in [1.165, 1.54) is 45.1 Å². The van der Waals surface area contributed by atoms with E-state index in [-0.39, 0.29) is 0 Å². The Kier molecular flexibility index (Phi) is 4.67. The van der Waals surface area contributed by atoms with Crippen molar-refractivity contribution in [1.29, 1.82) is 0 Å². The summed E-state index contributed by atoms with van der Waals surface area (Å²) < 4.78 is 0. The van der Waals surface area contributed by atoms with Gasteiger partial charge in [0.15, 0.2) is 0 Å². The van der Waals surface area contributed by atoms with Crippen molar-refractivity contribution in [2.45, 2.75) is 51.0 Å². The zero-order valence-electron chi connectivity index (χ0n) is 8.39. The fourth-order valence-corrected chi connectivity index (χ4v) is 2.08. The standard InChI is InChI=1S/C11H22N/c1-3-4-5-6-8-11-9-7-10-12(11)2/h11H,1,3-10H2,2H3. The Morgan fingerprint density at radius 3 is 2.75 bits per heavy atom. The predicted molar refractivity (Wildman–Crippen MR) is 54.1 cm³/mol. The first-order valence-electron chi connectivity index (χ1n) is 5.34. The molecule has 0 bridgehead atoms. The lowest BCUT2D eigenvalue weighted by atomic mass is 10.1. The van der Waals surface area contributed by atoms with Crippen LogP contribution < -0.4 is 0 Å². The van der Waals surface area contributed by atoms with Gasteiger partial charge < -0.3 is 4.90 Å². The van der Waals surface area contributed by atoms with Gasteiger partial charge in [-0.15, -0.1) is 0 Å². The Morgan fingerprint density at radius 2 is 2.17 bits per heavy atom. The maximum absolute atomic E-state index is 3.86. The van der Waals surface area contributed by atoms with Gasteiger partial charge in [-0.2, -0.15) is 0 Å². The number of rotatable bonds is 5. The third kappa shape index (κ3) is 3.14. The van der Waals surface area contributed by atoms with Crippen molar-refractivity contribution in [1.82, 2.24) is 4.90 Å². The van der Waals surface area contributed by atoms with E-state index in [1.54, 1.807) is 0 Å². The molecule has 1 atom stereocenters. The lowest BCUT2D eigenvalue weighted by Crippen LogP contribution is -2.24. The first kappa shape index (κ1) is 10.0. The molecule has 0 N–H and O–H groups in total. The molecule has 71 valence electrons. The van der Waals surface area contributed by atoms with Gasteiger partial charge in [-0.05, 0) is 32.9 Å². The molecule has 1 fully saturated rings. The van der Waals surface area contributed by atoms with E-state index in [2.05, 4.69) is 18.9 Å². The summed E-state index contributed by atoms with van der Waals surface area (Å²) in [5.41, 5.74) is 0. The van der Waals surface area contributed by atoms with E-state index < -0.39 is 0 Å². The Morgan fingerprint density at radius 1 is 1.33 bits per heavy atom. The summed E-state index contributed by atoms with van der Waals surface area (Å²) >= 11 is 0. The number of nitrogens with zero attached hydrogens (tertiary/aromatic N) is 1. The molecule has 1 saturated heterocycles. The smallest absolute Gasteiger partial charge is 0.00926 e. The highest BCUT2D eigenvalue weighted by molar-refractivity contribution is 4.75. The zero-order chi connectivity index (χ0) is 8.81. The lowest BCUT2D eigenvalue weighted by Gasteiger charge is -2.18. The molecule has 1 aliphatic rings. The second-order valence-electron chi connectivity index (χ2n) is 3.98. The topological polar surface area (TPSA) is 3.24 Å². The highest BCUT2D eigenvalue weighted by atomic mass is 15.1. The number of hydrogen-bond donors (Lipinski definition) is 0. The van der Waals surface area contributed by atoms with Crippen LogP contribution in [0.1, 0.15) is 44.9 Å². The van der Waals surface area contributed by atoms with Gasteiger partial charge >= 0.3 is 0 Å². The molecule has 0 aromatic rings. The van der Waals surface area contributed by atoms with Gasteiger partial charge in [0.1, 0.15) is 0 Å². The van der Waals surface area contributed by atoms with Gasteiger partial charge in [0.2, 0.25) is 0 Å². The molecule has 0 spiro atoms. The van der Waals surface area contributed by atoms with Gasteiger partial charge in [-0.3, -0.25) is 0 Å². The summed E-state index contributed by atoms with van der Waals surface area (Å²) in [6, 6.07) is 0.898. The second-order valence-corrected chi connectivity index (χ2v) is 3.98. The normalized spacial score (nSPS) is 25.0. The molecule has 1 heterocycles. The van der Waals surface area contributed by atoms with E-state index in [9.17, 15) is 0 Å². The molecule has 1 heteroatoms. The summed E-state index contributed by atoms with van der Waals surface area (Å²) in [6.45, 7) is 5.18. The molecule has 1 aliphatic heterocycles. The Balaban J connectivity index is 1.98. The second kappa shape index (κ2) is 5.58. The minimum Gasteiger partial charge on any atom is -0.303 e. The molecule has 1 nitrogen and oxygen atoms in total. The maximum Gasteiger partial charge on any atom is 0.00926 e. The van der Waals surface area contributed by atoms with Crippen LogP contribution in [0.15, 0.2) is 0 Å². The molecule has 0 saturated carbocycles. The summed E-state index contributed by atoms with van der Waals surface area (Å²) in [7, 11) is 2.26. The number of likely N-dealkylation sites (tertiary alicyclic amines) is 1. The van der Waals surface area contributed by atoms with Gasteiger partial charge in [-0.1, -0.05) is 32.6 Å². The first-order valence-corrected chi connectivity index (χ1v) is 5.34. The van der Waals surface area contributed by atoms with Gasteiger partial charge in [0, 0.05) is 6.04 Å².